The van der Waals surface area contributed by atoms with Gasteiger partial charge < -0.3 is 14.8 Å². The zero-order valence-corrected chi connectivity index (χ0v) is 21.2. The van der Waals surface area contributed by atoms with Gasteiger partial charge >= 0.3 is 0 Å². The van der Waals surface area contributed by atoms with E-state index in [1.807, 2.05) is 30.3 Å². The van der Waals surface area contributed by atoms with E-state index < -0.39 is 10.8 Å². The molecule has 11 heteroatoms. The largest absolute Gasteiger partial charge is 0.493 e. The summed E-state index contributed by atoms with van der Waals surface area (Å²) in [5, 5.41) is 13.5. The highest BCUT2D eigenvalue weighted by atomic mass is 32.2. The number of nitro groups is 1. The van der Waals surface area contributed by atoms with E-state index in [0.717, 1.165) is 5.56 Å². The molecule has 1 fully saturated rings. The van der Waals surface area contributed by atoms with Crippen molar-refractivity contribution in [1.29, 1.82) is 0 Å². The highest BCUT2D eigenvalue weighted by molar-refractivity contribution is 8.26. The van der Waals surface area contributed by atoms with Gasteiger partial charge in [-0.25, -0.2) is 0 Å². The van der Waals surface area contributed by atoms with Crippen LogP contribution in [0.25, 0.3) is 6.08 Å². The van der Waals surface area contributed by atoms with Crippen LogP contribution in [0.1, 0.15) is 11.1 Å². The first-order valence-electron chi connectivity index (χ1n) is 11.0. The fraction of sp³-hybridized carbons (Fsp3) is 0.115. The molecule has 3 aromatic carbocycles. The molecular formula is C26H21N3O6S2. The molecule has 0 atom stereocenters. The number of benzene rings is 3. The molecule has 37 heavy (non-hydrogen) atoms. The van der Waals surface area contributed by atoms with E-state index in [-0.39, 0.29) is 23.9 Å². The Morgan fingerprint density at radius 2 is 1.89 bits per heavy atom. The van der Waals surface area contributed by atoms with Crippen LogP contribution in [-0.4, -0.2) is 39.7 Å². The van der Waals surface area contributed by atoms with Crippen LogP contribution < -0.4 is 14.8 Å². The number of hydrogen-bond acceptors (Lipinski definition) is 8. The topological polar surface area (TPSA) is 111 Å². The van der Waals surface area contributed by atoms with Crippen molar-refractivity contribution in [2.75, 3.05) is 19.0 Å². The zero-order chi connectivity index (χ0) is 26.4. The van der Waals surface area contributed by atoms with Gasteiger partial charge in [-0.15, -0.1) is 0 Å². The lowest BCUT2D eigenvalue weighted by Crippen LogP contribution is -2.27. The quantitative estimate of drug-likeness (QED) is 0.176. The van der Waals surface area contributed by atoms with Crippen molar-refractivity contribution in [3.8, 4) is 11.5 Å². The molecule has 1 saturated heterocycles. The molecule has 0 unspecified atom stereocenters. The Labute approximate surface area is 222 Å². The maximum atomic E-state index is 12.9. The van der Waals surface area contributed by atoms with Crippen molar-refractivity contribution in [2.24, 2.45) is 0 Å². The van der Waals surface area contributed by atoms with Gasteiger partial charge in [0.25, 0.3) is 17.5 Å². The van der Waals surface area contributed by atoms with Crippen LogP contribution in [-0.2, 0) is 16.1 Å². The lowest BCUT2D eigenvalue weighted by Gasteiger charge is -2.14. The number of methoxy groups -OCH3 is 1. The Kier molecular flexibility index (Phi) is 8.16. The molecule has 0 spiro atoms. The normalized spacial score (nSPS) is 14.1. The summed E-state index contributed by atoms with van der Waals surface area (Å²) in [7, 11) is 1.47. The second kappa shape index (κ2) is 11.7. The molecule has 9 nitrogen and oxygen atoms in total. The number of nitrogens with one attached hydrogen (secondary N) is 1. The Balaban J connectivity index is 1.41. The maximum absolute atomic E-state index is 12.9. The fourth-order valence-electron chi connectivity index (χ4n) is 3.48. The van der Waals surface area contributed by atoms with E-state index in [0.29, 0.717) is 32.8 Å². The minimum atomic E-state index is -0.542. The summed E-state index contributed by atoms with van der Waals surface area (Å²) in [6.45, 7) is 0.0634. The summed E-state index contributed by atoms with van der Waals surface area (Å²) in [6.07, 6.45) is 1.73. The van der Waals surface area contributed by atoms with Gasteiger partial charge in [0.2, 0.25) is 0 Å². The van der Waals surface area contributed by atoms with Gasteiger partial charge in [0.1, 0.15) is 4.32 Å². The van der Waals surface area contributed by atoms with Crippen molar-refractivity contribution in [3.05, 3.63) is 98.9 Å². The molecule has 1 aliphatic heterocycles. The van der Waals surface area contributed by atoms with E-state index >= 15 is 0 Å². The number of thiocarbonyl (C=S) groups is 1. The van der Waals surface area contributed by atoms with E-state index in [9.17, 15) is 19.7 Å². The number of non-ortho nitro benzene ring substituents is 1. The van der Waals surface area contributed by atoms with Crippen LogP contribution in [0.15, 0.2) is 77.7 Å². The molecule has 2 amide bonds. The zero-order valence-electron chi connectivity index (χ0n) is 19.6. The summed E-state index contributed by atoms with van der Waals surface area (Å²) in [5.41, 5.74) is 1.84. The molecule has 0 aromatic heterocycles. The molecular weight excluding hydrogens is 514 g/mol. The number of carbonyl (C=O) groups is 2. The highest BCUT2D eigenvalue weighted by Gasteiger charge is 2.32. The van der Waals surface area contributed by atoms with Crippen molar-refractivity contribution in [1.82, 2.24) is 4.90 Å². The average molecular weight is 536 g/mol. The molecule has 1 N–H and O–H groups in total. The number of nitrogens with zero attached hydrogens (tertiary/aromatic N) is 2. The first-order valence-corrected chi connectivity index (χ1v) is 12.2. The van der Waals surface area contributed by atoms with Gasteiger partial charge in [-0.1, -0.05) is 66.4 Å². The van der Waals surface area contributed by atoms with Gasteiger partial charge in [-0.05, 0) is 35.4 Å². The minimum Gasteiger partial charge on any atom is -0.493 e. The fourth-order valence-corrected chi connectivity index (χ4v) is 4.74. The first kappa shape index (κ1) is 25.9. The molecule has 3 aromatic rings. The van der Waals surface area contributed by atoms with Crippen LogP contribution >= 0.6 is 24.0 Å². The monoisotopic (exact) mass is 535 g/mol. The molecule has 1 aliphatic rings. The van der Waals surface area contributed by atoms with Crippen LogP contribution in [0.5, 0.6) is 11.5 Å². The van der Waals surface area contributed by atoms with Crippen molar-refractivity contribution >= 4 is 57.6 Å². The summed E-state index contributed by atoms with van der Waals surface area (Å²) in [5.74, 6) is 0.0341. The number of thioether (sulfide) groups is 1. The first-order chi connectivity index (χ1) is 17.8. The van der Waals surface area contributed by atoms with Gasteiger partial charge in [0, 0.05) is 17.8 Å². The number of carbonyl (C=O) groups excluding carboxylic acids is 2. The van der Waals surface area contributed by atoms with Crippen molar-refractivity contribution in [2.45, 2.75) is 6.54 Å². The molecule has 0 saturated carbocycles. The molecule has 0 bridgehead atoms. The van der Waals surface area contributed by atoms with Gasteiger partial charge in [-0.3, -0.25) is 24.6 Å². The van der Waals surface area contributed by atoms with Crippen molar-refractivity contribution in [3.63, 3.8) is 0 Å². The Morgan fingerprint density at radius 3 is 2.62 bits per heavy atom. The van der Waals surface area contributed by atoms with Crippen LogP contribution in [0, 0.1) is 10.1 Å². The number of ether oxygens (including phenoxy) is 2. The van der Waals surface area contributed by atoms with E-state index in [1.165, 1.54) is 37.1 Å². The summed E-state index contributed by atoms with van der Waals surface area (Å²) in [4.78, 5) is 37.6. The van der Waals surface area contributed by atoms with E-state index in [2.05, 4.69) is 5.32 Å². The average Bonchev–Trinajstić information content (AvgIpc) is 3.15. The molecule has 0 radical (unpaired) electrons. The summed E-state index contributed by atoms with van der Waals surface area (Å²) >= 11 is 6.65. The number of nitro benzene ring substituents is 1. The lowest BCUT2D eigenvalue weighted by atomic mass is 10.1. The van der Waals surface area contributed by atoms with Crippen LogP contribution in [0.2, 0.25) is 0 Å². The predicted octanol–water partition coefficient (Wildman–Crippen LogP) is 5.02. The smallest absolute Gasteiger partial charge is 0.271 e. The number of rotatable bonds is 9. The molecule has 4 rings (SSSR count). The molecule has 0 aliphatic carbocycles. The standard InChI is InChI=1S/C26H21N3O6S2/c1-34-22-12-18(13-23-25(31)28(26(36)37-23)15-17-6-3-2-4-7-17)10-11-21(22)35-16-24(30)27-19-8-5-9-20(14-19)29(32)33/h2-14H,15-16H2,1H3,(H,27,30)/b23-13+. The highest BCUT2D eigenvalue weighted by Crippen LogP contribution is 2.35. The van der Waals surface area contributed by atoms with E-state index in [4.69, 9.17) is 21.7 Å². The molecule has 1 heterocycles. The third-order valence-electron chi connectivity index (χ3n) is 5.24. The Bertz CT molecular complexity index is 1390. The number of anilines is 1. The number of amides is 2. The number of hydrogen-bond donors (Lipinski definition) is 1. The summed E-state index contributed by atoms with van der Waals surface area (Å²) in [6, 6.07) is 20.3. The lowest BCUT2D eigenvalue weighted by molar-refractivity contribution is -0.384. The van der Waals surface area contributed by atoms with Crippen molar-refractivity contribution < 1.29 is 24.0 Å². The second-order valence-corrected chi connectivity index (χ2v) is 9.48. The van der Waals surface area contributed by atoms with Crippen LogP contribution in [0.3, 0.4) is 0 Å². The summed E-state index contributed by atoms with van der Waals surface area (Å²) < 4.78 is 11.5. The SMILES string of the molecule is COc1cc(/C=C2/SC(=S)N(Cc3ccccc3)C2=O)ccc1OCC(=O)Nc1cccc([N+](=O)[O-])c1. The van der Waals surface area contributed by atoms with Gasteiger partial charge in [0.05, 0.1) is 23.5 Å². The predicted molar refractivity (Wildman–Crippen MR) is 145 cm³/mol. The van der Waals surface area contributed by atoms with Gasteiger partial charge in [0.15, 0.2) is 18.1 Å². The Hall–Kier alpha value is -4.22. The maximum Gasteiger partial charge on any atom is 0.271 e. The minimum absolute atomic E-state index is 0.132. The van der Waals surface area contributed by atoms with Gasteiger partial charge in [-0.2, -0.15) is 0 Å². The molecule has 188 valence electrons. The third kappa shape index (κ3) is 6.51. The Morgan fingerprint density at radius 1 is 1.11 bits per heavy atom. The van der Waals surface area contributed by atoms with Crippen LogP contribution in [0.4, 0.5) is 11.4 Å². The van der Waals surface area contributed by atoms with E-state index in [1.54, 1.807) is 35.2 Å². The second-order valence-electron chi connectivity index (χ2n) is 7.81. The third-order valence-corrected chi connectivity index (χ3v) is 6.62.